The second kappa shape index (κ2) is 10.3. The minimum atomic E-state index is 0. The van der Waals surface area contributed by atoms with E-state index in [1.807, 2.05) is 18.2 Å². The maximum absolute atomic E-state index is 5.66. The fourth-order valence-corrected chi connectivity index (χ4v) is 2.24. The predicted molar refractivity (Wildman–Crippen MR) is 103 cm³/mol. The van der Waals surface area contributed by atoms with E-state index in [4.69, 9.17) is 4.74 Å². The summed E-state index contributed by atoms with van der Waals surface area (Å²) in [7, 11) is 1.79. The van der Waals surface area contributed by atoms with Crippen molar-refractivity contribution in [2.24, 2.45) is 4.99 Å². The molecule has 0 saturated heterocycles. The summed E-state index contributed by atoms with van der Waals surface area (Å²) in [5, 5.41) is 6.75. The van der Waals surface area contributed by atoms with Gasteiger partial charge >= 0.3 is 0 Å². The molecule has 0 aliphatic heterocycles. The first-order chi connectivity index (χ1) is 10.3. The normalized spacial score (nSPS) is 14.3. The molecule has 1 aliphatic carbocycles. The van der Waals surface area contributed by atoms with Crippen molar-refractivity contribution >= 4 is 29.9 Å². The highest BCUT2D eigenvalue weighted by Crippen LogP contribution is 2.17. The van der Waals surface area contributed by atoms with Crippen molar-refractivity contribution in [2.45, 2.75) is 25.4 Å². The number of guanidine groups is 1. The zero-order valence-corrected chi connectivity index (χ0v) is 15.2. The molecular formula is C17H24IN3O. The Labute approximate surface area is 149 Å². The predicted octanol–water partition coefficient (Wildman–Crippen LogP) is 3.25. The third-order valence-corrected chi connectivity index (χ3v) is 3.35. The Morgan fingerprint density at radius 2 is 2.09 bits per heavy atom. The Bertz CT molecular complexity index is 520. The van der Waals surface area contributed by atoms with Crippen molar-refractivity contribution in [3.8, 4) is 5.75 Å². The number of hydrogen-bond donors (Lipinski definition) is 2. The van der Waals surface area contributed by atoms with Gasteiger partial charge in [0, 0.05) is 25.2 Å². The third kappa shape index (κ3) is 5.71. The van der Waals surface area contributed by atoms with Gasteiger partial charge in [-0.05, 0) is 18.9 Å². The first-order valence-corrected chi connectivity index (χ1v) is 7.27. The zero-order valence-electron chi connectivity index (χ0n) is 12.9. The molecular weight excluding hydrogens is 389 g/mol. The summed E-state index contributed by atoms with van der Waals surface area (Å²) < 4.78 is 5.66. The number of nitrogens with one attached hydrogen (secondary N) is 2. The van der Waals surface area contributed by atoms with E-state index >= 15 is 0 Å². The van der Waals surface area contributed by atoms with Crippen LogP contribution in [0.4, 0.5) is 0 Å². The number of para-hydroxylation sites is 1. The largest absolute Gasteiger partial charge is 0.489 e. The maximum Gasteiger partial charge on any atom is 0.191 e. The highest BCUT2D eigenvalue weighted by atomic mass is 127. The van der Waals surface area contributed by atoms with Crippen LogP contribution in [0.1, 0.15) is 18.4 Å². The lowest BCUT2D eigenvalue weighted by Crippen LogP contribution is -2.42. The smallest absolute Gasteiger partial charge is 0.191 e. The summed E-state index contributed by atoms with van der Waals surface area (Å²) in [5.74, 6) is 1.70. The van der Waals surface area contributed by atoms with Crippen LogP contribution in [0.25, 0.3) is 0 Å². The van der Waals surface area contributed by atoms with E-state index in [0.29, 0.717) is 19.2 Å². The minimum absolute atomic E-state index is 0. The van der Waals surface area contributed by atoms with Crippen LogP contribution < -0.4 is 15.4 Å². The average Bonchev–Trinajstić information content (AvgIpc) is 3.03. The van der Waals surface area contributed by atoms with Gasteiger partial charge in [0.2, 0.25) is 0 Å². The molecule has 0 bridgehead atoms. The second-order valence-corrected chi connectivity index (χ2v) is 4.92. The van der Waals surface area contributed by atoms with Gasteiger partial charge in [-0.15, -0.1) is 24.0 Å². The topological polar surface area (TPSA) is 45.6 Å². The van der Waals surface area contributed by atoms with Crippen molar-refractivity contribution < 1.29 is 4.74 Å². The summed E-state index contributed by atoms with van der Waals surface area (Å²) in [4.78, 5) is 4.27. The van der Waals surface area contributed by atoms with Gasteiger partial charge < -0.3 is 15.4 Å². The van der Waals surface area contributed by atoms with Crippen molar-refractivity contribution in [1.29, 1.82) is 0 Å². The minimum Gasteiger partial charge on any atom is -0.489 e. The first kappa shape index (κ1) is 18.5. The van der Waals surface area contributed by atoms with Crippen molar-refractivity contribution in [3.63, 3.8) is 0 Å². The summed E-state index contributed by atoms with van der Waals surface area (Å²) in [6.07, 6.45) is 8.25. The Hall–Kier alpha value is -1.50. The summed E-state index contributed by atoms with van der Waals surface area (Å²) >= 11 is 0. The lowest BCUT2D eigenvalue weighted by atomic mass is 10.2. The van der Waals surface area contributed by atoms with Gasteiger partial charge in [-0.25, -0.2) is 0 Å². The van der Waals surface area contributed by atoms with Crippen molar-refractivity contribution in [2.75, 3.05) is 13.7 Å². The van der Waals surface area contributed by atoms with Crippen LogP contribution in [-0.2, 0) is 6.54 Å². The first-order valence-electron chi connectivity index (χ1n) is 7.27. The van der Waals surface area contributed by atoms with Crippen molar-refractivity contribution in [1.82, 2.24) is 10.6 Å². The van der Waals surface area contributed by atoms with Crippen LogP contribution in [0.2, 0.25) is 0 Å². The highest BCUT2D eigenvalue weighted by Gasteiger charge is 2.11. The van der Waals surface area contributed by atoms with Gasteiger partial charge in [0.15, 0.2) is 5.96 Å². The van der Waals surface area contributed by atoms with Crippen molar-refractivity contribution in [3.05, 3.63) is 54.6 Å². The Balaban J connectivity index is 0.00000242. The SMILES string of the molecule is C=CCOc1ccccc1CNC(=NC)NC1CC=CC1.I. The second-order valence-electron chi connectivity index (χ2n) is 4.92. The number of benzene rings is 1. The molecule has 0 saturated carbocycles. The van der Waals surface area contributed by atoms with E-state index in [0.717, 1.165) is 30.1 Å². The van der Waals surface area contributed by atoms with E-state index < -0.39 is 0 Å². The Kier molecular flexibility index (Phi) is 8.65. The van der Waals surface area contributed by atoms with Gasteiger partial charge in [0.25, 0.3) is 0 Å². The average molecular weight is 413 g/mol. The van der Waals surface area contributed by atoms with Gasteiger partial charge in [0.05, 0.1) is 0 Å². The summed E-state index contributed by atoms with van der Waals surface area (Å²) in [5.41, 5.74) is 1.10. The molecule has 0 fully saturated rings. The van der Waals surface area contributed by atoms with E-state index in [9.17, 15) is 0 Å². The van der Waals surface area contributed by atoms with Crippen LogP contribution >= 0.6 is 24.0 Å². The Morgan fingerprint density at radius 1 is 1.36 bits per heavy atom. The molecule has 5 heteroatoms. The number of nitrogens with zero attached hydrogens (tertiary/aromatic N) is 1. The van der Waals surface area contributed by atoms with Gasteiger partial charge in [-0.1, -0.05) is 43.0 Å². The van der Waals surface area contributed by atoms with E-state index in [1.165, 1.54) is 0 Å². The number of halogens is 1. The van der Waals surface area contributed by atoms with Gasteiger partial charge in [-0.3, -0.25) is 4.99 Å². The number of rotatable bonds is 6. The fourth-order valence-electron chi connectivity index (χ4n) is 2.24. The maximum atomic E-state index is 5.66. The molecule has 1 aromatic rings. The molecule has 0 spiro atoms. The molecule has 0 unspecified atom stereocenters. The van der Waals surface area contributed by atoms with Crippen LogP contribution in [0.15, 0.2) is 54.1 Å². The van der Waals surface area contributed by atoms with Gasteiger partial charge in [-0.2, -0.15) is 0 Å². The molecule has 4 nitrogen and oxygen atoms in total. The molecule has 120 valence electrons. The third-order valence-electron chi connectivity index (χ3n) is 3.35. The summed E-state index contributed by atoms with van der Waals surface area (Å²) in [6.45, 7) is 4.86. The molecule has 1 aliphatic rings. The zero-order chi connectivity index (χ0) is 14.9. The quantitative estimate of drug-likeness (QED) is 0.326. The van der Waals surface area contributed by atoms with E-state index in [-0.39, 0.29) is 24.0 Å². The van der Waals surface area contributed by atoms with Gasteiger partial charge in [0.1, 0.15) is 12.4 Å². The number of ether oxygens (including phenoxy) is 1. The molecule has 2 rings (SSSR count). The molecule has 0 atom stereocenters. The van der Waals surface area contributed by atoms with E-state index in [1.54, 1.807) is 13.1 Å². The molecule has 0 amide bonds. The molecule has 2 N–H and O–H groups in total. The fraction of sp³-hybridized carbons (Fsp3) is 0.353. The summed E-state index contributed by atoms with van der Waals surface area (Å²) in [6, 6.07) is 8.45. The Morgan fingerprint density at radius 3 is 2.77 bits per heavy atom. The van der Waals surface area contributed by atoms with Crippen LogP contribution in [0, 0.1) is 0 Å². The number of aliphatic imine (C=N–C) groups is 1. The highest BCUT2D eigenvalue weighted by molar-refractivity contribution is 14.0. The van der Waals surface area contributed by atoms with Crippen LogP contribution in [-0.4, -0.2) is 25.7 Å². The molecule has 1 aromatic carbocycles. The van der Waals surface area contributed by atoms with Crippen LogP contribution in [0.3, 0.4) is 0 Å². The molecule has 0 aromatic heterocycles. The van der Waals surface area contributed by atoms with Crippen LogP contribution in [0.5, 0.6) is 5.75 Å². The molecule has 22 heavy (non-hydrogen) atoms. The molecule has 0 radical (unpaired) electrons. The molecule has 0 heterocycles. The standard InChI is InChI=1S/C17H23N3O.HI/c1-3-12-21-16-11-7-4-8-14(16)13-19-17(18-2)20-15-9-5-6-10-15;/h3-8,11,15H,1,9-10,12-13H2,2H3,(H2,18,19,20);1H. The lowest BCUT2D eigenvalue weighted by Gasteiger charge is -2.18. The van der Waals surface area contributed by atoms with E-state index in [2.05, 4.69) is 40.4 Å². The number of hydrogen-bond acceptors (Lipinski definition) is 2. The lowest BCUT2D eigenvalue weighted by molar-refractivity contribution is 0.358. The monoisotopic (exact) mass is 413 g/mol.